The first-order chi connectivity index (χ1) is 13.2. The van der Waals surface area contributed by atoms with E-state index in [1.807, 2.05) is 0 Å². The van der Waals surface area contributed by atoms with Gasteiger partial charge in [0.05, 0.1) is 6.10 Å². The van der Waals surface area contributed by atoms with Gasteiger partial charge in [0.25, 0.3) is 8.32 Å². The lowest BCUT2D eigenvalue weighted by Crippen LogP contribution is -2.68. The third-order valence-electron chi connectivity index (χ3n) is 7.43. The van der Waals surface area contributed by atoms with Gasteiger partial charge in [0.1, 0.15) is 0 Å². The lowest BCUT2D eigenvalue weighted by molar-refractivity contribution is 0.184. The first-order valence-corrected chi connectivity index (χ1v) is 12.6. The fourth-order valence-electron chi connectivity index (χ4n) is 5.58. The summed E-state index contributed by atoms with van der Waals surface area (Å²) in [5, 5.41) is 2.74. The number of hydrogen-bond acceptors (Lipinski definition) is 1. The van der Waals surface area contributed by atoms with E-state index in [1.54, 1.807) is 0 Å². The van der Waals surface area contributed by atoms with Crippen LogP contribution in [0.4, 0.5) is 0 Å². The second kappa shape index (κ2) is 6.71. The molecule has 2 aromatic carbocycles. The summed E-state index contributed by atoms with van der Waals surface area (Å²) in [5.74, 6) is 1.58. The van der Waals surface area contributed by atoms with Gasteiger partial charge in [-0.05, 0) is 51.1 Å². The largest absolute Gasteiger partial charge is 0.401 e. The van der Waals surface area contributed by atoms with Crippen molar-refractivity contribution >= 4 is 18.7 Å². The summed E-state index contributed by atoms with van der Waals surface area (Å²) in [4.78, 5) is 0. The van der Waals surface area contributed by atoms with Crippen molar-refractivity contribution in [2.45, 2.75) is 58.6 Å². The van der Waals surface area contributed by atoms with Crippen LogP contribution < -0.4 is 10.4 Å². The molecule has 0 saturated heterocycles. The molecule has 0 aliphatic heterocycles. The summed E-state index contributed by atoms with van der Waals surface area (Å²) in [6.07, 6.45) is 2.41. The van der Waals surface area contributed by atoms with E-state index in [0.717, 1.165) is 24.7 Å². The van der Waals surface area contributed by atoms with Crippen molar-refractivity contribution in [3.63, 3.8) is 0 Å². The summed E-state index contributed by atoms with van der Waals surface area (Å²) in [5.41, 5.74) is 1.76. The van der Waals surface area contributed by atoms with Crippen LogP contribution in [-0.2, 0) is 4.43 Å². The molecule has 0 heterocycles. The van der Waals surface area contributed by atoms with Crippen molar-refractivity contribution in [2.24, 2.45) is 17.3 Å². The third-order valence-corrected chi connectivity index (χ3v) is 12.5. The normalized spacial score (nSPS) is 26.6. The molecule has 2 saturated carbocycles. The van der Waals surface area contributed by atoms with Crippen molar-refractivity contribution in [3.8, 4) is 0 Å². The fourth-order valence-corrected chi connectivity index (χ4v) is 10.3. The van der Waals surface area contributed by atoms with Crippen LogP contribution in [0.25, 0.3) is 0 Å². The van der Waals surface area contributed by atoms with Crippen LogP contribution in [0.2, 0.25) is 5.04 Å². The molecule has 0 bridgehead atoms. The molecule has 4 rings (SSSR count). The second-order valence-corrected chi connectivity index (χ2v) is 14.7. The number of hydrogen-bond donors (Lipinski definition) is 0. The molecule has 0 N–H and O–H groups in total. The molecule has 0 spiro atoms. The topological polar surface area (TPSA) is 9.23 Å². The first kappa shape index (κ1) is 19.7. The zero-order chi connectivity index (χ0) is 20.2. The van der Waals surface area contributed by atoms with Gasteiger partial charge in [-0.15, -0.1) is 0 Å². The molecule has 0 unspecified atom stereocenters. The summed E-state index contributed by atoms with van der Waals surface area (Å²) < 4.78 is 7.36. The highest BCUT2D eigenvalue weighted by Gasteiger charge is 2.61. The predicted octanol–water partition coefficient (Wildman–Crippen LogP) is 5.55. The van der Waals surface area contributed by atoms with Gasteiger partial charge in [0, 0.05) is 0 Å². The Kier molecular flexibility index (Phi) is 4.71. The van der Waals surface area contributed by atoms with Crippen LogP contribution in [0.3, 0.4) is 0 Å². The summed E-state index contributed by atoms with van der Waals surface area (Å²) in [6, 6.07) is 21.9. The van der Waals surface area contributed by atoms with Gasteiger partial charge in [-0.25, -0.2) is 0 Å². The minimum Gasteiger partial charge on any atom is -0.401 e. The van der Waals surface area contributed by atoms with Crippen LogP contribution in [0.5, 0.6) is 0 Å². The molecular weight excluding hydrogens is 356 g/mol. The van der Waals surface area contributed by atoms with Gasteiger partial charge in [-0.3, -0.25) is 0 Å². The molecule has 2 heteroatoms. The number of fused-ring (bicyclic) bond motifs is 1. The Morgan fingerprint density at radius 1 is 0.893 bits per heavy atom. The minimum atomic E-state index is -2.50. The zero-order valence-electron chi connectivity index (χ0n) is 18.0. The summed E-state index contributed by atoms with van der Waals surface area (Å²) in [6.45, 7) is 16.4. The van der Waals surface area contributed by atoms with Crippen LogP contribution in [0.15, 0.2) is 72.8 Å². The van der Waals surface area contributed by atoms with Crippen LogP contribution in [0, 0.1) is 17.3 Å². The van der Waals surface area contributed by atoms with E-state index in [9.17, 15) is 0 Å². The molecule has 2 aliphatic rings. The lowest BCUT2D eigenvalue weighted by Gasteiger charge is -2.46. The van der Waals surface area contributed by atoms with Crippen molar-refractivity contribution in [2.75, 3.05) is 0 Å². The van der Waals surface area contributed by atoms with Gasteiger partial charge < -0.3 is 4.43 Å². The Labute approximate surface area is 172 Å². The molecule has 0 amide bonds. The smallest absolute Gasteiger partial charge is 0.261 e. The van der Waals surface area contributed by atoms with E-state index in [4.69, 9.17) is 4.43 Å². The van der Waals surface area contributed by atoms with Crippen LogP contribution >= 0.6 is 0 Å². The van der Waals surface area contributed by atoms with Crippen molar-refractivity contribution in [1.29, 1.82) is 0 Å². The molecule has 2 aliphatic carbocycles. The molecule has 3 atom stereocenters. The average Bonchev–Trinajstić information content (AvgIpc) is 3.19. The second-order valence-electron chi connectivity index (χ2n) is 10.4. The minimum absolute atomic E-state index is 0.0197. The fraction of sp³-hybridized carbons (Fsp3) is 0.462. The Hall–Kier alpha value is -1.64. The first-order valence-electron chi connectivity index (χ1n) is 10.6. The highest BCUT2D eigenvalue weighted by Crippen LogP contribution is 2.66. The van der Waals surface area contributed by atoms with E-state index in [0.29, 0.717) is 5.41 Å². The van der Waals surface area contributed by atoms with Gasteiger partial charge in [-0.1, -0.05) is 102 Å². The van der Waals surface area contributed by atoms with Gasteiger partial charge >= 0.3 is 0 Å². The maximum atomic E-state index is 7.36. The van der Waals surface area contributed by atoms with Gasteiger partial charge in [0.2, 0.25) is 0 Å². The van der Waals surface area contributed by atoms with Crippen molar-refractivity contribution in [3.05, 3.63) is 72.8 Å². The lowest BCUT2D eigenvalue weighted by atomic mass is 9.94. The van der Waals surface area contributed by atoms with E-state index < -0.39 is 8.32 Å². The monoisotopic (exact) mass is 390 g/mol. The molecule has 28 heavy (non-hydrogen) atoms. The van der Waals surface area contributed by atoms with Crippen molar-refractivity contribution < 1.29 is 4.43 Å². The van der Waals surface area contributed by atoms with E-state index in [2.05, 4.69) is 102 Å². The zero-order valence-corrected chi connectivity index (χ0v) is 19.0. The Morgan fingerprint density at radius 3 is 1.86 bits per heavy atom. The van der Waals surface area contributed by atoms with Crippen molar-refractivity contribution in [1.82, 2.24) is 0 Å². The van der Waals surface area contributed by atoms with E-state index in [1.165, 1.54) is 15.9 Å². The summed E-state index contributed by atoms with van der Waals surface area (Å²) in [7, 11) is -2.50. The standard InChI is InChI=1S/C26H34OSi/c1-19-17-22-23(26(22,5)6)18-24(19)27-28(25(2,3)4,20-13-9-7-10-14-20)21-15-11-8-12-16-21/h7-16,22-24H,1,17-18H2,2-6H3/t22-,23+,24-/m1/s1. The SMILES string of the molecule is C=C1C[C@@H]2[C@H](C[C@H]1O[Si](c1ccccc1)(c1ccccc1)C(C)(C)C)C2(C)C. The molecule has 148 valence electrons. The highest BCUT2D eigenvalue weighted by molar-refractivity contribution is 6.99. The molecule has 2 aromatic rings. The van der Waals surface area contributed by atoms with E-state index in [-0.39, 0.29) is 11.1 Å². The highest BCUT2D eigenvalue weighted by atomic mass is 28.4. The molecule has 0 radical (unpaired) electrons. The number of benzene rings is 2. The Balaban J connectivity index is 1.81. The molecule has 2 fully saturated rings. The number of rotatable bonds is 4. The summed E-state index contributed by atoms with van der Waals surface area (Å²) >= 11 is 0. The third kappa shape index (κ3) is 3.02. The van der Waals surface area contributed by atoms with E-state index >= 15 is 0 Å². The maximum absolute atomic E-state index is 7.36. The van der Waals surface area contributed by atoms with Gasteiger partial charge in [0.15, 0.2) is 0 Å². The van der Waals surface area contributed by atoms with Crippen LogP contribution in [0.1, 0.15) is 47.5 Å². The average molecular weight is 391 g/mol. The Morgan fingerprint density at radius 2 is 1.39 bits per heavy atom. The molecule has 1 nitrogen and oxygen atoms in total. The molecule has 0 aromatic heterocycles. The predicted molar refractivity (Wildman–Crippen MR) is 122 cm³/mol. The quantitative estimate of drug-likeness (QED) is 0.491. The van der Waals surface area contributed by atoms with Gasteiger partial charge in [-0.2, -0.15) is 0 Å². The Bertz CT molecular complexity index is 808. The molecular formula is C26H34OSi. The maximum Gasteiger partial charge on any atom is 0.261 e. The van der Waals surface area contributed by atoms with Crippen LogP contribution in [-0.4, -0.2) is 14.4 Å².